The lowest BCUT2D eigenvalue weighted by molar-refractivity contribution is -0.147. The molecule has 1 aliphatic heterocycles. The zero-order chi connectivity index (χ0) is 24.9. The molecule has 2 amide bonds. The van der Waals surface area contributed by atoms with E-state index in [0.717, 1.165) is 0 Å². The lowest BCUT2D eigenvalue weighted by Crippen LogP contribution is -2.46. The predicted octanol–water partition coefficient (Wildman–Crippen LogP) is 4.80. The Morgan fingerprint density at radius 1 is 1.09 bits per heavy atom. The van der Waals surface area contributed by atoms with Crippen molar-refractivity contribution in [3.05, 3.63) is 59.7 Å². The summed E-state index contributed by atoms with van der Waals surface area (Å²) in [5.74, 6) is -1.07. The Morgan fingerprint density at radius 2 is 1.71 bits per heavy atom. The minimum atomic E-state index is -0.780. The van der Waals surface area contributed by atoms with E-state index >= 15 is 0 Å². The molecule has 1 aliphatic carbocycles. The van der Waals surface area contributed by atoms with E-state index in [2.05, 4.69) is 29.6 Å². The summed E-state index contributed by atoms with van der Waals surface area (Å²) in [5, 5.41) is 12.1. The van der Waals surface area contributed by atoms with Gasteiger partial charge in [-0.05, 0) is 61.8 Å². The van der Waals surface area contributed by atoms with E-state index in [9.17, 15) is 19.5 Å². The van der Waals surface area contributed by atoms with Gasteiger partial charge >= 0.3 is 12.1 Å². The van der Waals surface area contributed by atoms with E-state index in [1.807, 2.05) is 38.1 Å². The number of carboxylic acid groups (broad SMARTS) is 1. The van der Waals surface area contributed by atoms with Crippen LogP contribution in [0.2, 0.25) is 0 Å². The van der Waals surface area contributed by atoms with Crippen LogP contribution in [0.25, 0.3) is 11.1 Å². The number of benzene rings is 2. The second-order valence-corrected chi connectivity index (χ2v) is 9.76. The van der Waals surface area contributed by atoms with Gasteiger partial charge in [-0.1, -0.05) is 48.5 Å². The van der Waals surface area contributed by atoms with Crippen molar-refractivity contribution in [1.29, 1.82) is 0 Å². The van der Waals surface area contributed by atoms with Crippen molar-refractivity contribution in [2.75, 3.05) is 13.2 Å². The summed E-state index contributed by atoms with van der Waals surface area (Å²) < 4.78 is 5.60. The highest BCUT2D eigenvalue weighted by atomic mass is 16.5. The Labute approximate surface area is 206 Å². The minimum Gasteiger partial charge on any atom is -0.481 e. The van der Waals surface area contributed by atoms with Crippen molar-refractivity contribution in [1.82, 2.24) is 10.2 Å². The Bertz CT molecular complexity index is 1040. The Balaban J connectivity index is 1.20. The topological polar surface area (TPSA) is 95.9 Å². The van der Waals surface area contributed by atoms with E-state index in [0.29, 0.717) is 38.6 Å². The SMILES string of the molecule is CC(CCCC(=O)N1CCC(C(=O)O)CC1C)NC(=O)OCC1c2ccccc2-c2ccccc21. The number of hydrogen-bond acceptors (Lipinski definition) is 4. The summed E-state index contributed by atoms with van der Waals surface area (Å²) in [4.78, 5) is 38.0. The molecule has 1 fully saturated rings. The summed E-state index contributed by atoms with van der Waals surface area (Å²) in [6, 6.07) is 16.3. The van der Waals surface area contributed by atoms with Crippen LogP contribution < -0.4 is 5.32 Å². The quantitative estimate of drug-likeness (QED) is 0.568. The first-order chi connectivity index (χ1) is 16.8. The molecule has 1 heterocycles. The van der Waals surface area contributed by atoms with Crippen LogP contribution in [0.15, 0.2) is 48.5 Å². The Kier molecular flexibility index (Phi) is 7.73. The summed E-state index contributed by atoms with van der Waals surface area (Å²) >= 11 is 0. The number of carbonyl (C=O) groups excluding carboxylic acids is 2. The molecule has 7 nitrogen and oxygen atoms in total. The van der Waals surface area contributed by atoms with Crippen molar-refractivity contribution in [3.63, 3.8) is 0 Å². The zero-order valence-electron chi connectivity index (χ0n) is 20.4. The van der Waals surface area contributed by atoms with Gasteiger partial charge in [-0.3, -0.25) is 9.59 Å². The number of hydrogen-bond donors (Lipinski definition) is 2. The summed E-state index contributed by atoms with van der Waals surface area (Å²) in [5.41, 5.74) is 4.73. The van der Waals surface area contributed by atoms with Crippen LogP contribution in [-0.2, 0) is 14.3 Å². The smallest absolute Gasteiger partial charge is 0.407 e. The van der Waals surface area contributed by atoms with Crippen LogP contribution in [0.4, 0.5) is 4.79 Å². The van der Waals surface area contributed by atoms with Gasteiger partial charge in [-0.15, -0.1) is 0 Å². The van der Waals surface area contributed by atoms with Gasteiger partial charge in [0.05, 0.1) is 5.92 Å². The number of alkyl carbamates (subject to hydrolysis) is 1. The maximum absolute atomic E-state index is 12.6. The van der Waals surface area contributed by atoms with Gasteiger partial charge in [0, 0.05) is 31.0 Å². The maximum Gasteiger partial charge on any atom is 0.407 e. The third-order valence-electron chi connectivity index (χ3n) is 7.28. The number of carboxylic acids is 1. The molecular weight excluding hydrogens is 444 g/mol. The van der Waals surface area contributed by atoms with Gasteiger partial charge in [0.2, 0.25) is 5.91 Å². The van der Waals surface area contributed by atoms with Gasteiger partial charge < -0.3 is 20.1 Å². The largest absolute Gasteiger partial charge is 0.481 e. The molecule has 0 bridgehead atoms. The first kappa shape index (κ1) is 24.8. The van der Waals surface area contributed by atoms with Gasteiger partial charge in [0.1, 0.15) is 6.61 Å². The number of rotatable bonds is 8. The average molecular weight is 479 g/mol. The highest BCUT2D eigenvalue weighted by Gasteiger charge is 2.32. The zero-order valence-corrected chi connectivity index (χ0v) is 20.4. The molecule has 3 atom stereocenters. The lowest BCUT2D eigenvalue weighted by Gasteiger charge is -2.36. The normalized spacial score (nSPS) is 20.0. The average Bonchev–Trinajstić information content (AvgIpc) is 3.16. The molecule has 7 heteroatoms. The summed E-state index contributed by atoms with van der Waals surface area (Å²) in [7, 11) is 0. The molecule has 2 aromatic carbocycles. The fourth-order valence-electron chi connectivity index (χ4n) is 5.38. The molecule has 35 heavy (non-hydrogen) atoms. The van der Waals surface area contributed by atoms with Gasteiger partial charge in [-0.2, -0.15) is 0 Å². The van der Waals surface area contributed by atoms with E-state index in [1.54, 1.807) is 4.90 Å². The number of likely N-dealkylation sites (tertiary alicyclic amines) is 1. The number of fused-ring (bicyclic) bond motifs is 3. The fourth-order valence-corrected chi connectivity index (χ4v) is 5.38. The van der Waals surface area contributed by atoms with E-state index in [-0.39, 0.29) is 36.4 Å². The highest BCUT2D eigenvalue weighted by Crippen LogP contribution is 2.44. The van der Waals surface area contributed by atoms with Gasteiger partial charge in [0.25, 0.3) is 0 Å². The van der Waals surface area contributed by atoms with Crippen molar-refractivity contribution in [3.8, 4) is 11.1 Å². The molecule has 2 aliphatic rings. The molecule has 1 saturated heterocycles. The number of amides is 2. The second-order valence-electron chi connectivity index (χ2n) is 9.76. The number of ether oxygens (including phenoxy) is 1. The molecule has 4 rings (SSSR count). The van der Waals surface area contributed by atoms with Gasteiger partial charge in [0.15, 0.2) is 0 Å². The van der Waals surface area contributed by atoms with E-state index < -0.39 is 12.1 Å². The van der Waals surface area contributed by atoms with Crippen molar-refractivity contribution < 1.29 is 24.2 Å². The van der Waals surface area contributed by atoms with E-state index in [1.165, 1.54) is 22.3 Å². The number of nitrogens with zero attached hydrogens (tertiary/aromatic N) is 1. The summed E-state index contributed by atoms with van der Waals surface area (Å²) in [6.45, 7) is 4.58. The maximum atomic E-state index is 12.6. The molecule has 0 radical (unpaired) electrons. The van der Waals surface area contributed by atoms with Crippen LogP contribution >= 0.6 is 0 Å². The molecule has 2 N–H and O–H groups in total. The standard InChI is InChI=1S/C28H34N2O5/c1-18(8-7-13-26(31)30-15-14-20(27(32)33)16-19(30)2)29-28(34)35-17-25-23-11-5-3-9-21(23)22-10-4-6-12-24(22)25/h3-6,9-12,18-20,25H,7-8,13-17H2,1-2H3,(H,29,34)(H,32,33). The van der Waals surface area contributed by atoms with Crippen LogP contribution in [0, 0.1) is 5.92 Å². The summed E-state index contributed by atoms with van der Waals surface area (Å²) in [6.07, 6.45) is 2.26. The second kappa shape index (κ2) is 10.9. The van der Waals surface area contributed by atoms with E-state index in [4.69, 9.17) is 4.74 Å². The Morgan fingerprint density at radius 3 is 2.31 bits per heavy atom. The van der Waals surface area contributed by atoms with Crippen LogP contribution in [0.3, 0.4) is 0 Å². The monoisotopic (exact) mass is 478 g/mol. The number of nitrogens with one attached hydrogen (secondary N) is 1. The predicted molar refractivity (Wildman–Crippen MR) is 133 cm³/mol. The number of piperidine rings is 1. The molecule has 186 valence electrons. The molecule has 3 unspecified atom stereocenters. The van der Waals surface area contributed by atoms with Gasteiger partial charge in [-0.25, -0.2) is 4.79 Å². The van der Waals surface area contributed by atoms with Crippen LogP contribution in [0.1, 0.15) is 63.0 Å². The minimum absolute atomic E-state index is 0.0216. The first-order valence-electron chi connectivity index (χ1n) is 12.5. The lowest BCUT2D eigenvalue weighted by atomic mass is 9.91. The number of carbonyl (C=O) groups is 3. The molecule has 0 spiro atoms. The van der Waals surface area contributed by atoms with Crippen molar-refractivity contribution in [2.24, 2.45) is 5.92 Å². The molecular formula is C28H34N2O5. The van der Waals surface area contributed by atoms with Crippen molar-refractivity contribution >= 4 is 18.0 Å². The highest BCUT2D eigenvalue weighted by molar-refractivity contribution is 5.79. The molecule has 0 aromatic heterocycles. The first-order valence-corrected chi connectivity index (χ1v) is 12.5. The molecule has 2 aromatic rings. The fraction of sp³-hybridized carbons (Fsp3) is 0.464. The van der Waals surface area contributed by atoms with Crippen LogP contribution in [-0.4, -0.2) is 53.2 Å². The molecule has 0 saturated carbocycles. The third kappa shape index (κ3) is 5.66. The van der Waals surface area contributed by atoms with Crippen molar-refractivity contribution in [2.45, 2.75) is 64.0 Å². The Hall–Kier alpha value is -3.35. The number of aliphatic carboxylic acids is 1. The third-order valence-corrected chi connectivity index (χ3v) is 7.28. The van der Waals surface area contributed by atoms with Crippen LogP contribution in [0.5, 0.6) is 0 Å².